The zero-order chi connectivity index (χ0) is 12.7. The highest BCUT2D eigenvalue weighted by Gasteiger charge is 2.12. The Kier molecular flexibility index (Phi) is 6.16. The van der Waals surface area contributed by atoms with Crippen molar-refractivity contribution in [1.29, 1.82) is 0 Å². The van der Waals surface area contributed by atoms with Gasteiger partial charge in [-0.1, -0.05) is 11.6 Å². The van der Waals surface area contributed by atoms with E-state index in [-0.39, 0.29) is 11.8 Å². The molecule has 0 spiro atoms. The molecule has 0 amide bonds. The van der Waals surface area contributed by atoms with Gasteiger partial charge >= 0.3 is 0 Å². The number of sulfone groups is 1. The van der Waals surface area contributed by atoms with Crippen LogP contribution in [-0.4, -0.2) is 26.5 Å². The third-order valence-electron chi connectivity index (χ3n) is 3.20. The average Bonchev–Trinajstić information content (AvgIpc) is 2.27. The molecule has 0 aromatic carbocycles. The molecule has 0 aromatic heterocycles. The molecule has 0 heterocycles. The average molecular weight is 260 g/mol. The summed E-state index contributed by atoms with van der Waals surface area (Å²) in [6.07, 6.45) is 11.0. The van der Waals surface area contributed by atoms with E-state index in [1.54, 1.807) is 0 Å². The van der Waals surface area contributed by atoms with Crippen molar-refractivity contribution in [2.45, 2.75) is 51.0 Å². The molecule has 0 saturated heterocycles. The quantitative estimate of drug-likeness (QED) is 0.414. The van der Waals surface area contributed by atoms with E-state index in [1.165, 1.54) is 37.5 Å². The molecule has 1 rings (SSSR count). The molecule has 0 bridgehead atoms. The Morgan fingerprint density at radius 2 is 2.24 bits per heavy atom. The van der Waals surface area contributed by atoms with Gasteiger partial charge in [0.1, 0.15) is 9.84 Å². The number of hydrogen-bond donors (Lipinski definition) is 2. The fraction of sp³-hybridized carbons (Fsp3) is 0.833. The van der Waals surface area contributed by atoms with Crippen molar-refractivity contribution >= 4 is 9.84 Å². The van der Waals surface area contributed by atoms with Crippen molar-refractivity contribution < 1.29 is 8.42 Å². The predicted octanol–water partition coefficient (Wildman–Crippen LogP) is 1.53. The van der Waals surface area contributed by atoms with Crippen LogP contribution in [0, 0.1) is 0 Å². The lowest BCUT2D eigenvalue weighted by atomic mass is 9.93. The highest BCUT2D eigenvalue weighted by Crippen LogP contribution is 2.22. The second-order valence-corrected chi connectivity index (χ2v) is 7.21. The van der Waals surface area contributed by atoms with Crippen LogP contribution < -0.4 is 11.3 Å². The summed E-state index contributed by atoms with van der Waals surface area (Å²) < 4.78 is 22.1. The van der Waals surface area contributed by atoms with Crippen molar-refractivity contribution in [3.8, 4) is 0 Å². The van der Waals surface area contributed by atoms with Gasteiger partial charge in [-0.2, -0.15) is 0 Å². The number of nitrogens with two attached hydrogens (primary N) is 1. The molecule has 4 nitrogen and oxygen atoms in total. The summed E-state index contributed by atoms with van der Waals surface area (Å²) in [5.74, 6) is 5.77. The van der Waals surface area contributed by atoms with Crippen LogP contribution in [0.25, 0.3) is 0 Å². The number of allylic oxidation sites excluding steroid dienone is 1. The van der Waals surface area contributed by atoms with Crippen molar-refractivity contribution in [3.63, 3.8) is 0 Å². The lowest BCUT2D eigenvalue weighted by molar-refractivity contribution is 0.472. The largest absolute Gasteiger partial charge is 0.271 e. The number of nitrogens with one attached hydrogen (secondary N) is 1. The fourth-order valence-corrected chi connectivity index (χ4v) is 2.93. The van der Waals surface area contributed by atoms with Gasteiger partial charge in [0, 0.05) is 18.1 Å². The Morgan fingerprint density at radius 3 is 2.76 bits per heavy atom. The van der Waals surface area contributed by atoms with E-state index in [4.69, 9.17) is 5.84 Å². The first-order valence-electron chi connectivity index (χ1n) is 6.33. The van der Waals surface area contributed by atoms with Gasteiger partial charge < -0.3 is 0 Å². The van der Waals surface area contributed by atoms with Crippen LogP contribution in [0.4, 0.5) is 0 Å². The molecule has 17 heavy (non-hydrogen) atoms. The molecule has 1 atom stereocenters. The summed E-state index contributed by atoms with van der Waals surface area (Å²) in [7, 11) is -2.84. The monoisotopic (exact) mass is 260 g/mol. The van der Waals surface area contributed by atoms with Gasteiger partial charge in [0.05, 0.1) is 0 Å². The van der Waals surface area contributed by atoms with E-state index in [9.17, 15) is 8.42 Å². The van der Waals surface area contributed by atoms with Gasteiger partial charge in [-0.3, -0.25) is 11.3 Å². The number of rotatable bonds is 7. The second kappa shape index (κ2) is 7.13. The maximum absolute atomic E-state index is 11.0. The third-order valence-corrected chi connectivity index (χ3v) is 4.23. The molecule has 0 radical (unpaired) electrons. The van der Waals surface area contributed by atoms with Crippen LogP contribution in [-0.2, 0) is 9.84 Å². The van der Waals surface area contributed by atoms with Crippen molar-refractivity contribution in [3.05, 3.63) is 11.6 Å². The van der Waals surface area contributed by atoms with E-state index in [1.807, 2.05) is 0 Å². The van der Waals surface area contributed by atoms with E-state index < -0.39 is 9.84 Å². The standard InChI is InChI=1S/C12H24N2O2S/c1-17(15,16)9-5-8-12(14-13)10-11-6-3-2-4-7-11/h6,12,14H,2-5,7-10,13H2,1H3. The zero-order valence-electron chi connectivity index (χ0n) is 10.6. The molecular weight excluding hydrogens is 236 g/mol. The normalized spacial score (nSPS) is 18.8. The van der Waals surface area contributed by atoms with Crippen molar-refractivity contribution in [1.82, 2.24) is 5.43 Å². The van der Waals surface area contributed by atoms with Crippen molar-refractivity contribution in [2.24, 2.45) is 5.84 Å². The SMILES string of the molecule is CS(=O)(=O)CCCC(CC1=CCCCC1)NN. The van der Waals surface area contributed by atoms with Crippen LogP contribution in [0.15, 0.2) is 11.6 Å². The first kappa shape index (κ1) is 14.7. The smallest absolute Gasteiger partial charge is 0.147 e. The highest BCUT2D eigenvalue weighted by molar-refractivity contribution is 7.90. The maximum Gasteiger partial charge on any atom is 0.147 e. The second-order valence-electron chi connectivity index (χ2n) is 4.95. The summed E-state index contributed by atoms with van der Waals surface area (Å²) in [5, 5.41) is 0. The summed E-state index contributed by atoms with van der Waals surface area (Å²) >= 11 is 0. The lowest BCUT2D eigenvalue weighted by Gasteiger charge is -2.19. The minimum Gasteiger partial charge on any atom is -0.271 e. The van der Waals surface area contributed by atoms with Gasteiger partial charge in [-0.15, -0.1) is 0 Å². The van der Waals surface area contributed by atoms with Gasteiger partial charge in [0.25, 0.3) is 0 Å². The van der Waals surface area contributed by atoms with Crippen LogP contribution in [0.1, 0.15) is 44.9 Å². The Bertz CT molecular complexity index is 350. The Labute approximate surface area is 105 Å². The van der Waals surface area contributed by atoms with Gasteiger partial charge in [0.2, 0.25) is 0 Å². The van der Waals surface area contributed by atoms with E-state index in [0.29, 0.717) is 6.42 Å². The molecule has 0 aromatic rings. The van der Waals surface area contributed by atoms with Crippen LogP contribution >= 0.6 is 0 Å². The first-order valence-corrected chi connectivity index (χ1v) is 8.39. The third kappa shape index (κ3) is 6.81. The molecule has 0 fully saturated rings. The van der Waals surface area contributed by atoms with E-state index >= 15 is 0 Å². The Hall–Kier alpha value is -0.390. The summed E-state index contributed by atoms with van der Waals surface area (Å²) in [6.45, 7) is 0. The molecular formula is C12H24N2O2S. The highest BCUT2D eigenvalue weighted by atomic mass is 32.2. The molecule has 100 valence electrons. The topological polar surface area (TPSA) is 72.2 Å². The molecule has 3 N–H and O–H groups in total. The first-order chi connectivity index (χ1) is 8.01. The Morgan fingerprint density at radius 1 is 1.47 bits per heavy atom. The minimum atomic E-state index is -2.84. The number of hydrazine groups is 1. The van der Waals surface area contributed by atoms with Gasteiger partial charge in [0.15, 0.2) is 0 Å². The minimum absolute atomic E-state index is 0.209. The molecule has 1 aliphatic rings. The maximum atomic E-state index is 11.0. The van der Waals surface area contributed by atoms with Crippen LogP contribution in [0.2, 0.25) is 0 Å². The van der Waals surface area contributed by atoms with Crippen LogP contribution in [0.3, 0.4) is 0 Å². The number of hydrogen-bond acceptors (Lipinski definition) is 4. The van der Waals surface area contributed by atoms with E-state index in [2.05, 4.69) is 11.5 Å². The Balaban J connectivity index is 2.30. The fourth-order valence-electron chi connectivity index (χ4n) is 2.24. The molecule has 1 unspecified atom stereocenters. The van der Waals surface area contributed by atoms with Crippen LogP contribution in [0.5, 0.6) is 0 Å². The van der Waals surface area contributed by atoms with Crippen molar-refractivity contribution in [2.75, 3.05) is 12.0 Å². The zero-order valence-corrected chi connectivity index (χ0v) is 11.4. The molecule has 0 saturated carbocycles. The molecule has 5 heteroatoms. The van der Waals surface area contributed by atoms with Gasteiger partial charge in [-0.25, -0.2) is 8.42 Å². The summed E-state index contributed by atoms with van der Waals surface area (Å²) in [6, 6.07) is 0.209. The summed E-state index contributed by atoms with van der Waals surface area (Å²) in [4.78, 5) is 0. The van der Waals surface area contributed by atoms with E-state index in [0.717, 1.165) is 12.8 Å². The molecule has 1 aliphatic carbocycles. The lowest BCUT2D eigenvalue weighted by Crippen LogP contribution is -2.35. The van der Waals surface area contributed by atoms with Gasteiger partial charge in [-0.05, 0) is 44.9 Å². The predicted molar refractivity (Wildman–Crippen MR) is 71.2 cm³/mol. The molecule has 0 aliphatic heterocycles. The summed E-state index contributed by atoms with van der Waals surface area (Å²) in [5.41, 5.74) is 4.27.